The minimum Gasteiger partial charge on any atom is -0.462 e. The van der Waals surface area contributed by atoms with Crippen LogP contribution < -0.4 is 9.47 Å². The van der Waals surface area contributed by atoms with E-state index in [2.05, 4.69) is 18.8 Å². The zero-order valence-electron chi connectivity index (χ0n) is 18.2. The van der Waals surface area contributed by atoms with Crippen molar-refractivity contribution in [2.75, 3.05) is 19.9 Å². The number of aromatic nitrogens is 1. The number of fused-ring (bicyclic) bond motifs is 4. The van der Waals surface area contributed by atoms with Gasteiger partial charge in [0.15, 0.2) is 11.5 Å². The molecule has 2 aliphatic rings. The van der Waals surface area contributed by atoms with Crippen LogP contribution in [0.5, 0.6) is 11.5 Å². The second kappa shape index (κ2) is 7.44. The van der Waals surface area contributed by atoms with Crippen molar-refractivity contribution in [3.05, 3.63) is 65.5 Å². The highest BCUT2D eigenvalue weighted by molar-refractivity contribution is 6.18. The summed E-state index contributed by atoms with van der Waals surface area (Å²) in [5.74, 6) is 0.451. The Hall–Kier alpha value is -3.74. The number of carbonyl (C=O) groups is 2. The molecule has 0 atom stereocenters. The highest BCUT2D eigenvalue weighted by atomic mass is 16.7. The lowest BCUT2D eigenvalue weighted by Gasteiger charge is -2.29. The SMILES string of the molecule is CCOC(=O)C1=CN(C(=O)c2ccc3c(c2)OCO3)CC(C)(C)c2c1[nH]c1ccccc21. The topological polar surface area (TPSA) is 80.9 Å². The average Bonchev–Trinajstić information content (AvgIpc) is 3.37. The van der Waals surface area contributed by atoms with Gasteiger partial charge in [0.1, 0.15) is 0 Å². The van der Waals surface area contributed by atoms with Crippen molar-refractivity contribution in [2.45, 2.75) is 26.2 Å². The van der Waals surface area contributed by atoms with Gasteiger partial charge in [-0.2, -0.15) is 0 Å². The largest absolute Gasteiger partial charge is 0.462 e. The Morgan fingerprint density at radius 1 is 1.12 bits per heavy atom. The van der Waals surface area contributed by atoms with Crippen LogP contribution >= 0.6 is 0 Å². The molecule has 0 fully saturated rings. The molecular weight excluding hydrogens is 408 g/mol. The molecule has 0 aliphatic carbocycles. The molecule has 164 valence electrons. The quantitative estimate of drug-likeness (QED) is 0.627. The maximum Gasteiger partial charge on any atom is 0.341 e. The molecule has 1 N–H and O–H groups in total. The zero-order valence-corrected chi connectivity index (χ0v) is 18.2. The molecule has 0 spiro atoms. The summed E-state index contributed by atoms with van der Waals surface area (Å²) in [4.78, 5) is 31.5. The Morgan fingerprint density at radius 3 is 2.72 bits per heavy atom. The van der Waals surface area contributed by atoms with Gasteiger partial charge in [-0.05, 0) is 36.8 Å². The third-order valence-electron chi connectivity index (χ3n) is 5.88. The number of esters is 1. The van der Waals surface area contributed by atoms with Crippen molar-refractivity contribution in [3.8, 4) is 11.5 Å². The smallest absolute Gasteiger partial charge is 0.341 e. The Balaban J connectivity index is 1.64. The van der Waals surface area contributed by atoms with E-state index in [0.717, 1.165) is 16.5 Å². The van der Waals surface area contributed by atoms with Gasteiger partial charge in [0, 0.05) is 34.6 Å². The van der Waals surface area contributed by atoms with Crippen LogP contribution in [0, 0.1) is 0 Å². The molecule has 3 aromatic rings. The molecule has 5 rings (SSSR count). The Bertz CT molecular complexity index is 1270. The van der Waals surface area contributed by atoms with E-state index in [9.17, 15) is 9.59 Å². The normalized spacial score (nSPS) is 16.3. The Morgan fingerprint density at radius 2 is 1.91 bits per heavy atom. The van der Waals surface area contributed by atoms with Crippen LogP contribution in [0.15, 0.2) is 48.7 Å². The lowest BCUT2D eigenvalue weighted by Crippen LogP contribution is -2.36. The van der Waals surface area contributed by atoms with Gasteiger partial charge in [-0.15, -0.1) is 0 Å². The third kappa shape index (κ3) is 3.21. The van der Waals surface area contributed by atoms with Gasteiger partial charge in [-0.1, -0.05) is 32.0 Å². The van der Waals surface area contributed by atoms with Crippen molar-refractivity contribution in [2.24, 2.45) is 0 Å². The molecule has 0 saturated heterocycles. The lowest BCUT2D eigenvalue weighted by atomic mass is 9.81. The predicted molar refractivity (Wildman–Crippen MR) is 120 cm³/mol. The van der Waals surface area contributed by atoms with Gasteiger partial charge in [0.2, 0.25) is 6.79 Å². The molecular formula is C25H24N2O5. The van der Waals surface area contributed by atoms with Crippen LogP contribution in [0.2, 0.25) is 0 Å². The number of nitrogens with one attached hydrogen (secondary N) is 1. The van der Waals surface area contributed by atoms with E-state index < -0.39 is 11.4 Å². The van der Waals surface area contributed by atoms with Crippen LogP contribution in [-0.4, -0.2) is 41.7 Å². The van der Waals surface area contributed by atoms with E-state index >= 15 is 0 Å². The van der Waals surface area contributed by atoms with Gasteiger partial charge in [0.05, 0.1) is 17.9 Å². The Kier molecular flexibility index (Phi) is 4.69. The van der Waals surface area contributed by atoms with E-state index in [1.807, 2.05) is 24.3 Å². The van der Waals surface area contributed by atoms with E-state index in [1.165, 1.54) is 0 Å². The average molecular weight is 432 g/mol. The Labute approximate surface area is 185 Å². The first kappa shape index (κ1) is 20.2. The van der Waals surface area contributed by atoms with E-state index in [-0.39, 0.29) is 19.3 Å². The summed E-state index contributed by atoms with van der Waals surface area (Å²) in [5.41, 5.74) is 2.98. The van der Waals surface area contributed by atoms with Crippen molar-refractivity contribution in [1.29, 1.82) is 0 Å². The molecule has 32 heavy (non-hydrogen) atoms. The second-order valence-electron chi connectivity index (χ2n) is 8.57. The van der Waals surface area contributed by atoms with Crippen molar-refractivity contribution in [3.63, 3.8) is 0 Å². The molecule has 0 radical (unpaired) electrons. The van der Waals surface area contributed by atoms with Gasteiger partial charge >= 0.3 is 5.97 Å². The number of carbonyl (C=O) groups excluding carboxylic acids is 2. The maximum absolute atomic E-state index is 13.5. The summed E-state index contributed by atoms with van der Waals surface area (Å²) in [7, 11) is 0. The molecule has 7 heteroatoms. The van der Waals surface area contributed by atoms with Gasteiger partial charge < -0.3 is 24.1 Å². The number of hydrogen-bond donors (Lipinski definition) is 1. The minimum absolute atomic E-state index is 0.137. The van der Waals surface area contributed by atoms with Crippen LogP contribution in [0.25, 0.3) is 16.5 Å². The fraction of sp³-hybridized carbons (Fsp3) is 0.280. The predicted octanol–water partition coefficient (Wildman–Crippen LogP) is 4.23. The van der Waals surface area contributed by atoms with Crippen LogP contribution in [0.3, 0.4) is 0 Å². The summed E-state index contributed by atoms with van der Waals surface area (Å²) < 4.78 is 16.1. The first-order chi connectivity index (χ1) is 15.4. The molecule has 7 nitrogen and oxygen atoms in total. The number of benzene rings is 2. The summed E-state index contributed by atoms with van der Waals surface area (Å²) >= 11 is 0. The van der Waals surface area contributed by atoms with Crippen molar-refractivity contribution >= 4 is 28.4 Å². The molecule has 0 bridgehead atoms. The summed E-state index contributed by atoms with van der Waals surface area (Å²) in [6, 6.07) is 13.1. The molecule has 2 aromatic carbocycles. The molecule has 3 heterocycles. The van der Waals surface area contributed by atoms with Crippen LogP contribution in [0.4, 0.5) is 0 Å². The second-order valence-corrected chi connectivity index (χ2v) is 8.57. The highest BCUT2D eigenvalue weighted by Crippen LogP contribution is 2.41. The number of ether oxygens (including phenoxy) is 3. The van der Waals surface area contributed by atoms with E-state index in [0.29, 0.717) is 34.9 Å². The molecule has 0 unspecified atom stereocenters. The molecule has 1 aromatic heterocycles. The zero-order chi connectivity index (χ0) is 22.5. The summed E-state index contributed by atoms with van der Waals surface area (Å²) in [6.07, 6.45) is 1.61. The maximum atomic E-state index is 13.5. The van der Waals surface area contributed by atoms with Crippen molar-refractivity contribution in [1.82, 2.24) is 9.88 Å². The number of hydrogen-bond acceptors (Lipinski definition) is 5. The number of rotatable bonds is 3. The van der Waals surface area contributed by atoms with Gasteiger partial charge in [-0.25, -0.2) is 4.79 Å². The number of aromatic amines is 1. The molecule has 0 saturated carbocycles. The van der Waals surface area contributed by atoms with Crippen LogP contribution in [0.1, 0.15) is 42.4 Å². The summed E-state index contributed by atoms with van der Waals surface area (Å²) in [6.45, 7) is 6.68. The number of amides is 1. The molecule has 2 aliphatic heterocycles. The minimum atomic E-state index is -0.471. The van der Waals surface area contributed by atoms with E-state index in [4.69, 9.17) is 14.2 Å². The van der Waals surface area contributed by atoms with Crippen molar-refractivity contribution < 1.29 is 23.8 Å². The fourth-order valence-electron chi connectivity index (χ4n) is 4.51. The fourth-order valence-corrected chi connectivity index (χ4v) is 4.51. The summed E-state index contributed by atoms with van der Waals surface area (Å²) in [5, 5.41) is 1.03. The number of nitrogens with zero attached hydrogens (tertiary/aromatic N) is 1. The lowest BCUT2D eigenvalue weighted by molar-refractivity contribution is -0.136. The monoisotopic (exact) mass is 432 g/mol. The highest BCUT2D eigenvalue weighted by Gasteiger charge is 2.37. The van der Waals surface area contributed by atoms with Gasteiger partial charge in [-0.3, -0.25) is 4.79 Å². The first-order valence-corrected chi connectivity index (χ1v) is 10.6. The number of para-hydroxylation sites is 1. The van der Waals surface area contributed by atoms with Crippen LogP contribution in [-0.2, 0) is 14.9 Å². The van der Waals surface area contributed by atoms with Gasteiger partial charge in [0.25, 0.3) is 5.91 Å². The number of H-pyrrole nitrogens is 1. The standard InChI is InChI=1S/C25H24N2O5/c1-4-30-24(29)17-12-27(23(28)15-9-10-19-20(11-15)32-14-31-19)13-25(2,3)21-16-7-5-6-8-18(16)26-22(17)21/h5-12,26H,4,13-14H2,1-3H3. The molecule has 1 amide bonds. The van der Waals surface area contributed by atoms with E-state index in [1.54, 1.807) is 36.2 Å². The first-order valence-electron chi connectivity index (χ1n) is 10.6. The third-order valence-corrected chi connectivity index (χ3v) is 5.88.